The molecule has 0 amide bonds. The third kappa shape index (κ3) is 3.50. The zero-order valence-electron chi connectivity index (χ0n) is 13.4. The number of hydrogen-bond acceptors (Lipinski definition) is 3. The minimum Gasteiger partial charge on any atom is -0.329 e. The SMILES string of the molecule is CN1CCC(CN(C)C2(CN)CCC(C)(C)C2)CC1. The van der Waals surface area contributed by atoms with Gasteiger partial charge in [0.15, 0.2) is 0 Å². The second-order valence-electron chi connectivity index (χ2n) is 7.90. The lowest BCUT2D eigenvalue weighted by Gasteiger charge is -2.42. The van der Waals surface area contributed by atoms with E-state index in [1.807, 2.05) is 0 Å². The van der Waals surface area contributed by atoms with Crippen LogP contribution < -0.4 is 5.73 Å². The third-order valence-electron chi connectivity index (χ3n) is 5.63. The van der Waals surface area contributed by atoms with Crippen LogP contribution in [0.25, 0.3) is 0 Å². The molecule has 0 radical (unpaired) electrons. The van der Waals surface area contributed by atoms with Crippen LogP contribution in [0.15, 0.2) is 0 Å². The van der Waals surface area contributed by atoms with Crippen LogP contribution >= 0.6 is 0 Å². The van der Waals surface area contributed by atoms with E-state index in [0.29, 0.717) is 5.41 Å². The van der Waals surface area contributed by atoms with Crippen molar-refractivity contribution in [3.63, 3.8) is 0 Å². The second kappa shape index (κ2) is 5.71. The maximum atomic E-state index is 6.17. The summed E-state index contributed by atoms with van der Waals surface area (Å²) in [5, 5.41) is 0. The van der Waals surface area contributed by atoms with Crippen molar-refractivity contribution in [3.05, 3.63) is 0 Å². The Bertz CT molecular complexity index is 294. The summed E-state index contributed by atoms with van der Waals surface area (Å²) in [5.74, 6) is 0.869. The van der Waals surface area contributed by atoms with Gasteiger partial charge >= 0.3 is 0 Å². The van der Waals surface area contributed by atoms with E-state index in [-0.39, 0.29) is 5.54 Å². The van der Waals surface area contributed by atoms with Gasteiger partial charge in [0.05, 0.1) is 0 Å². The molecule has 3 heteroatoms. The van der Waals surface area contributed by atoms with Gasteiger partial charge in [0.2, 0.25) is 0 Å². The molecule has 0 aromatic rings. The minimum atomic E-state index is 0.271. The van der Waals surface area contributed by atoms with E-state index >= 15 is 0 Å². The Balaban J connectivity index is 1.92. The molecule has 2 aliphatic rings. The molecular weight excluding hydrogens is 234 g/mol. The third-order valence-corrected chi connectivity index (χ3v) is 5.63. The van der Waals surface area contributed by atoms with Crippen molar-refractivity contribution < 1.29 is 0 Å². The molecule has 3 nitrogen and oxygen atoms in total. The average molecular weight is 267 g/mol. The summed E-state index contributed by atoms with van der Waals surface area (Å²) < 4.78 is 0. The highest BCUT2D eigenvalue weighted by Crippen LogP contribution is 2.46. The van der Waals surface area contributed by atoms with Gasteiger partial charge in [0.25, 0.3) is 0 Å². The zero-order chi connectivity index (χ0) is 14.1. The van der Waals surface area contributed by atoms with Gasteiger partial charge in [-0.25, -0.2) is 0 Å². The monoisotopic (exact) mass is 267 g/mol. The normalized spacial score (nSPS) is 33.2. The molecule has 1 unspecified atom stereocenters. The highest BCUT2D eigenvalue weighted by Gasteiger charge is 2.45. The van der Waals surface area contributed by atoms with Crippen molar-refractivity contribution in [1.29, 1.82) is 0 Å². The Morgan fingerprint density at radius 3 is 2.32 bits per heavy atom. The van der Waals surface area contributed by atoms with E-state index < -0.39 is 0 Å². The minimum absolute atomic E-state index is 0.271. The molecule has 1 heterocycles. The predicted molar refractivity (Wildman–Crippen MR) is 82.3 cm³/mol. The summed E-state index contributed by atoms with van der Waals surface area (Å²) in [5.41, 5.74) is 6.91. The van der Waals surface area contributed by atoms with Crippen LogP contribution in [-0.2, 0) is 0 Å². The lowest BCUT2D eigenvalue weighted by atomic mass is 9.86. The van der Waals surface area contributed by atoms with Gasteiger partial charge in [-0.3, -0.25) is 4.90 Å². The number of piperidine rings is 1. The van der Waals surface area contributed by atoms with Crippen LogP contribution in [0.3, 0.4) is 0 Å². The van der Waals surface area contributed by atoms with Crippen LogP contribution in [0.2, 0.25) is 0 Å². The van der Waals surface area contributed by atoms with Crippen LogP contribution in [0.5, 0.6) is 0 Å². The van der Waals surface area contributed by atoms with E-state index in [1.54, 1.807) is 0 Å². The molecule has 1 atom stereocenters. The summed E-state index contributed by atoms with van der Waals surface area (Å²) >= 11 is 0. The molecule has 2 rings (SSSR count). The topological polar surface area (TPSA) is 32.5 Å². The lowest BCUT2D eigenvalue weighted by Crippen LogP contribution is -2.52. The number of likely N-dealkylation sites (tertiary alicyclic amines) is 1. The first-order chi connectivity index (χ1) is 8.87. The number of hydrogen-bond donors (Lipinski definition) is 1. The molecule has 0 spiro atoms. The van der Waals surface area contributed by atoms with Crippen LogP contribution in [0.1, 0.15) is 46.0 Å². The Labute approximate surface area is 119 Å². The average Bonchev–Trinajstić information content (AvgIpc) is 2.69. The predicted octanol–water partition coefficient (Wildman–Crippen LogP) is 2.17. The largest absolute Gasteiger partial charge is 0.329 e. The molecule has 2 fully saturated rings. The Kier molecular flexibility index (Phi) is 4.59. The van der Waals surface area contributed by atoms with Crippen molar-refractivity contribution in [1.82, 2.24) is 9.80 Å². The van der Waals surface area contributed by atoms with Crippen molar-refractivity contribution in [2.45, 2.75) is 51.5 Å². The van der Waals surface area contributed by atoms with Gasteiger partial charge in [-0.05, 0) is 70.6 Å². The van der Waals surface area contributed by atoms with Crippen LogP contribution in [-0.4, -0.2) is 55.6 Å². The van der Waals surface area contributed by atoms with E-state index in [4.69, 9.17) is 5.73 Å². The molecule has 1 saturated carbocycles. The first-order valence-corrected chi connectivity index (χ1v) is 7.97. The first kappa shape index (κ1) is 15.3. The Morgan fingerprint density at radius 1 is 1.21 bits per heavy atom. The molecule has 1 saturated heterocycles. The van der Waals surface area contributed by atoms with E-state index in [0.717, 1.165) is 12.5 Å². The van der Waals surface area contributed by atoms with Crippen molar-refractivity contribution in [3.8, 4) is 0 Å². The first-order valence-electron chi connectivity index (χ1n) is 7.97. The standard InChI is InChI=1S/C16H33N3/c1-15(2)7-8-16(12-15,13-17)19(4)11-14-5-9-18(3)10-6-14/h14H,5-13,17H2,1-4H3. The van der Waals surface area contributed by atoms with Gasteiger partial charge in [-0.2, -0.15) is 0 Å². The van der Waals surface area contributed by atoms with Gasteiger partial charge in [-0.15, -0.1) is 0 Å². The van der Waals surface area contributed by atoms with Crippen LogP contribution in [0, 0.1) is 11.3 Å². The maximum absolute atomic E-state index is 6.17. The summed E-state index contributed by atoms with van der Waals surface area (Å²) in [4.78, 5) is 5.06. The lowest BCUT2D eigenvalue weighted by molar-refractivity contribution is 0.0815. The van der Waals surface area contributed by atoms with Gasteiger partial charge < -0.3 is 10.6 Å². The number of rotatable bonds is 4. The molecule has 1 aliphatic carbocycles. The summed E-state index contributed by atoms with van der Waals surface area (Å²) in [6.45, 7) is 9.38. The molecule has 112 valence electrons. The van der Waals surface area contributed by atoms with Gasteiger partial charge in [-0.1, -0.05) is 13.8 Å². The smallest absolute Gasteiger partial charge is 0.0334 e. The van der Waals surface area contributed by atoms with Crippen molar-refractivity contribution >= 4 is 0 Å². The fourth-order valence-electron chi connectivity index (χ4n) is 4.12. The number of nitrogens with two attached hydrogens (primary N) is 1. The Morgan fingerprint density at radius 2 is 1.84 bits per heavy atom. The fraction of sp³-hybridized carbons (Fsp3) is 1.00. The molecule has 19 heavy (non-hydrogen) atoms. The van der Waals surface area contributed by atoms with Crippen LogP contribution in [0.4, 0.5) is 0 Å². The number of nitrogens with zero attached hydrogens (tertiary/aromatic N) is 2. The summed E-state index contributed by atoms with van der Waals surface area (Å²) in [6, 6.07) is 0. The van der Waals surface area contributed by atoms with E-state index in [1.165, 1.54) is 51.7 Å². The van der Waals surface area contributed by atoms with Crippen molar-refractivity contribution in [2.75, 3.05) is 40.3 Å². The molecular formula is C16H33N3. The quantitative estimate of drug-likeness (QED) is 0.847. The second-order valence-corrected chi connectivity index (χ2v) is 7.90. The molecule has 0 aromatic carbocycles. The highest BCUT2D eigenvalue weighted by atomic mass is 15.2. The Hall–Kier alpha value is -0.120. The molecule has 0 bridgehead atoms. The number of likely N-dealkylation sites (N-methyl/N-ethyl adjacent to an activating group) is 1. The van der Waals surface area contributed by atoms with E-state index in [9.17, 15) is 0 Å². The van der Waals surface area contributed by atoms with Crippen molar-refractivity contribution in [2.24, 2.45) is 17.1 Å². The summed E-state index contributed by atoms with van der Waals surface area (Å²) in [6.07, 6.45) is 6.57. The molecule has 0 aromatic heterocycles. The van der Waals surface area contributed by atoms with Gasteiger partial charge in [0.1, 0.15) is 0 Å². The summed E-state index contributed by atoms with van der Waals surface area (Å²) in [7, 11) is 4.55. The molecule has 2 N–H and O–H groups in total. The zero-order valence-corrected chi connectivity index (χ0v) is 13.4. The molecule has 1 aliphatic heterocycles. The van der Waals surface area contributed by atoms with E-state index in [2.05, 4.69) is 37.7 Å². The maximum Gasteiger partial charge on any atom is 0.0334 e. The highest BCUT2D eigenvalue weighted by molar-refractivity contribution is 5.01. The fourth-order valence-corrected chi connectivity index (χ4v) is 4.12. The van der Waals surface area contributed by atoms with Gasteiger partial charge in [0, 0.05) is 18.6 Å².